The average Bonchev–Trinajstić information content (AvgIpc) is 2.90. The molecule has 3 aromatic rings. The van der Waals surface area contributed by atoms with Crippen LogP contribution in [0.2, 0.25) is 0 Å². The maximum Gasteiger partial charge on any atom is 0.241 e. The van der Waals surface area contributed by atoms with Crippen molar-refractivity contribution in [2.45, 2.75) is 43.3 Å². The summed E-state index contributed by atoms with van der Waals surface area (Å²) in [6.07, 6.45) is 0. The number of hydrogen-bond acceptors (Lipinski definition) is 3. The van der Waals surface area contributed by atoms with Crippen molar-refractivity contribution in [2.24, 2.45) is 0 Å². The van der Waals surface area contributed by atoms with Crippen LogP contribution in [0.4, 0.5) is 0 Å². The highest BCUT2D eigenvalue weighted by atomic mass is 32.2. The number of sulfonamides is 1. The first-order valence-corrected chi connectivity index (χ1v) is 10.6. The Balaban J connectivity index is 1.82. The van der Waals surface area contributed by atoms with Crippen LogP contribution in [0, 0.1) is 0 Å². The van der Waals surface area contributed by atoms with E-state index in [2.05, 4.69) is 49.0 Å². The summed E-state index contributed by atoms with van der Waals surface area (Å²) in [5.74, 6) is 0. The minimum Gasteiger partial charge on any atom is -0.304 e. The average molecular weight is 381 g/mol. The van der Waals surface area contributed by atoms with Crippen LogP contribution in [0.25, 0.3) is 10.8 Å². The van der Waals surface area contributed by atoms with E-state index >= 15 is 0 Å². The quantitative estimate of drug-likeness (QED) is 0.709. The molecule has 140 valence electrons. The molecule has 27 heavy (non-hydrogen) atoms. The smallest absolute Gasteiger partial charge is 0.241 e. The molecule has 0 unspecified atom stereocenters. The Labute approximate surface area is 160 Å². The van der Waals surface area contributed by atoms with E-state index in [0.717, 1.165) is 21.9 Å². The number of nitrogens with one attached hydrogen (secondary N) is 2. The zero-order valence-electron chi connectivity index (χ0n) is 15.7. The van der Waals surface area contributed by atoms with Crippen LogP contribution >= 0.6 is 0 Å². The molecule has 0 radical (unpaired) electrons. The van der Waals surface area contributed by atoms with Crippen LogP contribution in [0.5, 0.6) is 0 Å². The lowest BCUT2D eigenvalue weighted by Gasteiger charge is -2.31. The normalized spacial score (nSPS) is 19.5. The maximum absolute atomic E-state index is 13.0. The number of hydrogen-bond donors (Lipinski definition) is 2. The Morgan fingerprint density at radius 3 is 1.96 bits per heavy atom. The molecule has 0 bridgehead atoms. The summed E-state index contributed by atoms with van der Waals surface area (Å²) in [6.45, 7) is 6.29. The first-order valence-electron chi connectivity index (χ1n) is 9.13. The number of rotatable bonds is 4. The van der Waals surface area contributed by atoms with Gasteiger partial charge in [0.25, 0.3) is 0 Å². The molecule has 0 aliphatic heterocycles. The van der Waals surface area contributed by atoms with Gasteiger partial charge in [-0.25, -0.2) is 13.1 Å². The second-order valence-corrected chi connectivity index (χ2v) is 9.79. The van der Waals surface area contributed by atoms with Gasteiger partial charge >= 0.3 is 0 Å². The molecule has 0 fully saturated rings. The third-order valence-corrected chi connectivity index (χ3v) is 6.35. The molecule has 5 heteroatoms. The predicted molar refractivity (Wildman–Crippen MR) is 109 cm³/mol. The van der Waals surface area contributed by atoms with Gasteiger partial charge in [-0.15, -0.1) is 0 Å². The summed E-state index contributed by atoms with van der Waals surface area (Å²) in [7, 11) is -3.64. The second kappa shape index (κ2) is 6.44. The van der Waals surface area contributed by atoms with E-state index in [4.69, 9.17) is 0 Å². The van der Waals surface area contributed by atoms with Gasteiger partial charge in [0.1, 0.15) is 0 Å². The molecule has 2 N–H and O–H groups in total. The molecule has 4 nitrogen and oxygen atoms in total. The van der Waals surface area contributed by atoms with Gasteiger partial charge in [0.05, 0.1) is 17.0 Å². The van der Waals surface area contributed by atoms with Crippen LogP contribution in [0.3, 0.4) is 0 Å². The Morgan fingerprint density at radius 2 is 1.37 bits per heavy atom. The van der Waals surface area contributed by atoms with Crippen molar-refractivity contribution in [2.75, 3.05) is 0 Å². The molecule has 0 spiro atoms. The molecule has 1 aliphatic rings. The van der Waals surface area contributed by atoms with Gasteiger partial charge in [0, 0.05) is 5.54 Å². The van der Waals surface area contributed by atoms with Crippen molar-refractivity contribution in [3.63, 3.8) is 0 Å². The van der Waals surface area contributed by atoms with Crippen molar-refractivity contribution in [3.05, 3.63) is 77.9 Å². The largest absolute Gasteiger partial charge is 0.304 e. The summed E-state index contributed by atoms with van der Waals surface area (Å²) >= 11 is 0. The van der Waals surface area contributed by atoms with Gasteiger partial charge in [-0.1, -0.05) is 54.6 Å². The zero-order chi connectivity index (χ0) is 19.2. The van der Waals surface area contributed by atoms with E-state index in [1.54, 1.807) is 24.3 Å². The molecule has 0 saturated heterocycles. The van der Waals surface area contributed by atoms with Gasteiger partial charge in [0.2, 0.25) is 10.0 Å². The Morgan fingerprint density at radius 1 is 0.778 bits per heavy atom. The fourth-order valence-electron chi connectivity index (χ4n) is 3.87. The Bertz CT molecular complexity index is 1080. The lowest BCUT2D eigenvalue weighted by Crippen LogP contribution is -2.44. The first-order chi connectivity index (χ1) is 12.8. The molecule has 4 rings (SSSR count). The van der Waals surface area contributed by atoms with Crippen LogP contribution < -0.4 is 10.0 Å². The van der Waals surface area contributed by atoms with Gasteiger partial charge < -0.3 is 5.32 Å². The second-order valence-electron chi connectivity index (χ2n) is 8.08. The fourth-order valence-corrected chi connectivity index (χ4v) is 5.12. The molecule has 2 atom stereocenters. The van der Waals surface area contributed by atoms with Gasteiger partial charge in [-0.05, 0) is 54.8 Å². The monoisotopic (exact) mass is 380 g/mol. The molecular formula is C22H24N2O2S. The molecule has 0 amide bonds. The summed E-state index contributed by atoms with van der Waals surface area (Å²) in [4.78, 5) is 0.280. The van der Waals surface area contributed by atoms with Crippen LogP contribution in [0.1, 0.15) is 44.0 Å². The van der Waals surface area contributed by atoms with Crippen LogP contribution in [-0.4, -0.2) is 14.0 Å². The van der Waals surface area contributed by atoms with Crippen molar-refractivity contribution in [1.29, 1.82) is 0 Å². The topological polar surface area (TPSA) is 58.2 Å². The van der Waals surface area contributed by atoms with Crippen molar-refractivity contribution >= 4 is 20.8 Å². The molecular weight excluding hydrogens is 356 g/mol. The fraction of sp³-hybridized carbons (Fsp3) is 0.273. The lowest BCUT2D eigenvalue weighted by atomic mass is 10.0. The van der Waals surface area contributed by atoms with Crippen LogP contribution in [0.15, 0.2) is 71.6 Å². The van der Waals surface area contributed by atoms with E-state index in [1.807, 2.05) is 24.3 Å². The van der Waals surface area contributed by atoms with Crippen molar-refractivity contribution < 1.29 is 8.42 Å². The third-order valence-electron chi connectivity index (χ3n) is 4.90. The van der Waals surface area contributed by atoms with E-state index in [0.29, 0.717) is 0 Å². The number of benzene rings is 3. The minimum atomic E-state index is -3.64. The van der Waals surface area contributed by atoms with Crippen LogP contribution in [-0.2, 0) is 10.0 Å². The lowest BCUT2D eigenvalue weighted by molar-refractivity contribution is 0.327. The van der Waals surface area contributed by atoms with Gasteiger partial charge in [-0.2, -0.15) is 0 Å². The molecule has 0 heterocycles. The molecule has 0 aromatic heterocycles. The summed E-state index contributed by atoms with van der Waals surface area (Å²) in [5.41, 5.74) is 1.99. The van der Waals surface area contributed by atoms with Gasteiger partial charge in [0.15, 0.2) is 0 Å². The summed E-state index contributed by atoms with van der Waals surface area (Å²) in [5, 5.41) is 5.89. The standard InChI is InChI=1S/C22H24N2O2S/c1-22(2,3)23-20-17-13-7-9-15-10-8-14-18(19(15)17)21(20)24-27(25,26)16-11-5-4-6-12-16/h4-14,20-21,23-24H,1-3H3/t20-,21-/m1/s1. The Hall–Kier alpha value is -2.21. The van der Waals surface area contributed by atoms with E-state index in [-0.39, 0.29) is 22.5 Å². The summed E-state index contributed by atoms with van der Waals surface area (Å²) < 4.78 is 29.0. The maximum atomic E-state index is 13.0. The first kappa shape index (κ1) is 18.2. The van der Waals surface area contributed by atoms with E-state index in [1.165, 1.54) is 0 Å². The highest BCUT2D eigenvalue weighted by Gasteiger charge is 2.38. The van der Waals surface area contributed by atoms with Gasteiger partial charge in [-0.3, -0.25) is 0 Å². The summed E-state index contributed by atoms with van der Waals surface area (Å²) in [6, 6.07) is 20.3. The SMILES string of the molecule is CC(C)(C)N[C@@H]1c2cccc3cccc(c23)[C@H]1NS(=O)(=O)c1ccccc1. The highest BCUT2D eigenvalue weighted by molar-refractivity contribution is 7.89. The third kappa shape index (κ3) is 3.38. The van der Waals surface area contributed by atoms with E-state index in [9.17, 15) is 8.42 Å². The molecule has 0 saturated carbocycles. The highest BCUT2D eigenvalue weighted by Crippen LogP contribution is 2.45. The predicted octanol–water partition coefficient (Wildman–Crippen LogP) is 4.30. The Kier molecular flexibility index (Phi) is 4.34. The zero-order valence-corrected chi connectivity index (χ0v) is 16.5. The molecule has 3 aromatic carbocycles. The van der Waals surface area contributed by atoms with E-state index < -0.39 is 10.0 Å². The van der Waals surface area contributed by atoms with Crippen molar-refractivity contribution in [3.8, 4) is 0 Å². The minimum absolute atomic E-state index is 0.135. The van der Waals surface area contributed by atoms with Crippen molar-refractivity contribution in [1.82, 2.24) is 10.0 Å². The molecule has 1 aliphatic carbocycles.